The summed E-state index contributed by atoms with van der Waals surface area (Å²) < 4.78 is 6.10. The van der Waals surface area contributed by atoms with E-state index in [2.05, 4.69) is 40.2 Å². The molecule has 1 aromatic carbocycles. The molecule has 1 atom stereocenters. The van der Waals surface area contributed by atoms with Crippen molar-refractivity contribution in [3.05, 3.63) is 41.1 Å². The molecule has 1 aromatic heterocycles. The molecule has 0 amide bonds. The Kier molecular flexibility index (Phi) is 2.53. The van der Waals surface area contributed by atoms with E-state index in [9.17, 15) is 0 Å². The van der Waals surface area contributed by atoms with Crippen molar-refractivity contribution >= 4 is 0 Å². The average Bonchev–Trinajstić information content (AvgIpc) is 2.96. The normalized spacial score (nSPS) is 24.3. The lowest BCUT2D eigenvalue weighted by atomic mass is 9.77. The second-order valence-corrected chi connectivity index (χ2v) is 5.60. The summed E-state index contributed by atoms with van der Waals surface area (Å²) >= 11 is 0. The standard InChI is InChI=1S/C16H19N3O/c1-3-19-8-7-11-5-4-6-13-14(11)16(19,20-2)9-12-10-17-18-15(12)13/h4-6,10H,3,7-9H2,1-2H3,(H,17,18). The summed E-state index contributed by atoms with van der Waals surface area (Å²) in [4.78, 5) is 2.45. The molecule has 1 unspecified atom stereocenters. The first-order valence-electron chi connectivity index (χ1n) is 7.25. The van der Waals surface area contributed by atoms with Gasteiger partial charge in [-0.1, -0.05) is 25.1 Å². The maximum absolute atomic E-state index is 6.10. The Morgan fingerprint density at radius 1 is 1.40 bits per heavy atom. The van der Waals surface area contributed by atoms with Crippen molar-refractivity contribution in [2.45, 2.75) is 25.5 Å². The zero-order valence-electron chi connectivity index (χ0n) is 11.9. The zero-order chi connectivity index (χ0) is 13.7. The first kappa shape index (κ1) is 12.1. The minimum absolute atomic E-state index is 0.324. The summed E-state index contributed by atoms with van der Waals surface area (Å²) in [6.45, 7) is 4.25. The van der Waals surface area contributed by atoms with Gasteiger partial charge in [0.1, 0.15) is 0 Å². The van der Waals surface area contributed by atoms with E-state index in [1.807, 2.05) is 13.3 Å². The van der Waals surface area contributed by atoms with E-state index in [1.54, 1.807) is 0 Å². The first-order valence-corrected chi connectivity index (χ1v) is 7.25. The minimum Gasteiger partial charge on any atom is -0.359 e. The number of aromatic nitrogens is 2. The molecule has 0 saturated heterocycles. The highest BCUT2D eigenvalue weighted by Gasteiger charge is 2.47. The lowest BCUT2D eigenvalue weighted by molar-refractivity contribution is -0.149. The van der Waals surface area contributed by atoms with Gasteiger partial charge in [0.05, 0.1) is 11.9 Å². The topological polar surface area (TPSA) is 41.1 Å². The summed E-state index contributed by atoms with van der Waals surface area (Å²) in [6, 6.07) is 6.56. The van der Waals surface area contributed by atoms with Crippen LogP contribution >= 0.6 is 0 Å². The second-order valence-electron chi connectivity index (χ2n) is 5.60. The molecule has 0 bridgehead atoms. The monoisotopic (exact) mass is 269 g/mol. The molecule has 20 heavy (non-hydrogen) atoms. The average molecular weight is 269 g/mol. The molecule has 4 nitrogen and oxygen atoms in total. The van der Waals surface area contributed by atoms with Crippen molar-refractivity contribution in [1.29, 1.82) is 0 Å². The van der Waals surface area contributed by atoms with Gasteiger partial charge in [-0.05, 0) is 18.5 Å². The van der Waals surface area contributed by atoms with E-state index in [4.69, 9.17) is 4.74 Å². The maximum Gasteiger partial charge on any atom is 0.152 e. The highest BCUT2D eigenvalue weighted by molar-refractivity contribution is 5.73. The van der Waals surface area contributed by atoms with Gasteiger partial charge in [0.25, 0.3) is 0 Å². The molecule has 2 aliphatic rings. The number of benzene rings is 1. The summed E-state index contributed by atoms with van der Waals surface area (Å²) in [7, 11) is 1.83. The van der Waals surface area contributed by atoms with Gasteiger partial charge in [0.2, 0.25) is 0 Å². The van der Waals surface area contributed by atoms with Crippen LogP contribution in [0.5, 0.6) is 0 Å². The number of fused-ring (bicyclic) bond motifs is 2. The van der Waals surface area contributed by atoms with Crippen LogP contribution in [0, 0.1) is 0 Å². The number of H-pyrrole nitrogens is 1. The number of ether oxygens (including phenoxy) is 1. The third-order valence-electron chi connectivity index (χ3n) is 4.84. The van der Waals surface area contributed by atoms with Gasteiger partial charge in [-0.3, -0.25) is 10.00 Å². The molecule has 0 radical (unpaired) electrons. The number of likely N-dealkylation sites (N-methyl/N-ethyl adjacent to an activating group) is 1. The maximum atomic E-state index is 6.10. The summed E-state index contributed by atoms with van der Waals surface area (Å²) in [5.41, 5.74) is 6.09. The molecule has 104 valence electrons. The predicted octanol–water partition coefficient (Wildman–Crippen LogP) is 2.31. The molecular weight excluding hydrogens is 250 g/mol. The lowest BCUT2D eigenvalue weighted by Gasteiger charge is -2.49. The highest BCUT2D eigenvalue weighted by Crippen LogP contribution is 2.48. The Bertz CT molecular complexity index is 663. The number of methoxy groups -OCH3 is 1. The summed E-state index contributed by atoms with van der Waals surface area (Å²) in [5, 5.41) is 7.40. The Hall–Kier alpha value is -1.65. The number of hydrogen-bond acceptors (Lipinski definition) is 3. The van der Waals surface area contributed by atoms with Crippen LogP contribution in [0.2, 0.25) is 0 Å². The van der Waals surface area contributed by atoms with Crippen LogP contribution in [0.25, 0.3) is 11.3 Å². The van der Waals surface area contributed by atoms with Gasteiger partial charge in [-0.15, -0.1) is 0 Å². The minimum atomic E-state index is -0.324. The number of rotatable bonds is 2. The number of nitrogens with one attached hydrogen (secondary N) is 1. The molecule has 4 heteroatoms. The van der Waals surface area contributed by atoms with Gasteiger partial charge in [-0.2, -0.15) is 5.10 Å². The van der Waals surface area contributed by atoms with Gasteiger partial charge in [0.15, 0.2) is 5.72 Å². The van der Waals surface area contributed by atoms with Crippen molar-refractivity contribution in [3.63, 3.8) is 0 Å². The fourth-order valence-electron chi connectivity index (χ4n) is 3.93. The van der Waals surface area contributed by atoms with Crippen LogP contribution in [0.15, 0.2) is 24.4 Å². The molecular formula is C16H19N3O. The highest BCUT2D eigenvalue weighted by atomic mass is 16.5. The molecule has 0 saturated carbocycles. The molecule has 1 aliphatic carbocycles. The third kappa shape index (κ3) is 1.35. The first-order chi connectivity index (χ1) is 9.80. The van der Waals surface area contributed by atoms with Crippen LogP contribution in [-0.2, 0) is 23.3 Å². The van der Waals surface area contributed by atoms with Crippen LogP contribution < -0.4 is 0 Å². The molecule has 4 rings (SSSR count). The Labute approximate surface area is 118 Å². The van der Waals surface area contributed by atoms with E-state index < -0.39 is 0 Å². The smallest absolute Gasteiger partial charge is 0.152 e. The van der Waals surface area contributed by atoms with Crippen molar-refractivity contribution < 1.29 is 4.74 Å². The lowest BCUT2D eigenvalue weighted by Crippen LogP contribution is -2.54. The van der Waals surface area contributed by atoms with Crippen LogP contribution in [0.4, 0.5) is 0 Å². The molecule has 2 aromatic rings. The number of hydrogen-bond donors (Lipinski definition) is 1. The largest absolute Gasteiger partial charge is 0.359 e. The predicted molar refractivity (Wildman–Crippen MR) is 77.4 cm³/mol. The van der Waals surface area contributed by atoms with Gasteiger partial charge < -0.3 is 4.74 Å². The fraction of sp³-hybridized carbons (Fsp3) is 0.438. The SMILES string of the molecule is CCN1CCc2cccc3c2C1(OC)Cc1cn[nH]c1-3. The summed E-state index contributed by atoms with van der Waals surface area (Å²) in [6.07, 6.45) is 3.90. The molecule has 0 fully saturated rings. The molecule has 1 N–H and O–H groups in total. The quantitative estimate of drug-likeness (QED) is 0.909. The van der Waals surface area contributed by atoms with Gasteiger partial charge >= 0.3 is 0 Å². The zero-order valence-corrected chi connectivity index (χ0v) is 11.9. The van der Waals surface area contributed by atoms with Crippen molar-refractivity contribution in [3.8, 4) is 11.3 Å². The molecule has 2 heterocycles. The van der Waals surface area contributed by atoms with Crippen LogP contribution in [0.3, 0.4) is 0 Å². The third-order valence-corrected chi connectivity index (χ3v) is 4.84. The molecule has 0 spiro atoms. The Balaban J connectivity index is 2.05. The van der Waals surface area contributed by atoms with Crippen molar-refractivity contribution in [1.82, 2.24) is 15.1 Å². The van der Waals surface area contributed by atoms with Gasteiger partial charge in [-0.25, -0.2) is 0 Å². The Morgan fingerprint density at radius 2 is 2.30 bits per heavy atom. The number of nitrogens with zero attached hydrogens (tertiary/aromatic N) is 2. The Morgan fingerprint density at radius 3 is 3.10 bits per heavy atom. The van der Waals surface area contributed by atoms with Crippen LogP contribution in [-0.4, -0.2) is 35.3 Å². The second kappa shape index (κ2) is 4.17. The van der Waals surface area contributed by atoms with E-state index in [0.29, 0.717) is 0 Å². The van der Waals surface area contributed by atoms with E-state index in [-0.39, 0.29) is 5.72 Å². The van der Waals surface area contributed by atoms with Crippen molar-refractivity contribution in [2.75, 3.05) is 20.2 Å². The number of aromatic amines is 1. The van der Waals surface area contributed by atoms with E-state index in [1.165, 1.54) is 22.3 Å². The summed E-state index contributed by atoms with van der Waals surface area (Å²) in [5.74, 6) is 0. The van der Waals surface area contributed by atoms with Crippen molar-refractivity contribution in [2.24, 2.45) is 0 Å². The molecule has 1 aliphatic heterocycles. The van der Waals surface area contributed by atoms with E-state index in [0.717, 1.165) is 31.6 Å². The fourth-order valence-corrected chi connectivity index (χ4v) is 3.93. The van der Waals surface area contributed by atoms with E-state index >= 15 is 0 Å². The van der Waals surface area contributed by atoms with Crippen LogP contribution in [0.1, 0.15) is 23.6 Å². The van der Waals surface area contributed by atoms with Gasteiger partial charge in [0, 0.05) is 36.8 Å².